The number of imidazole rings is 1. The van der Waals surface area contributed by atoms with Gasteiger partial charge in [-0.05, 0) is 0 Å². The van der Waals surface area contributed by atoms with Crippen LogP contribution in [0.15, 0.2) is 16.9 Å². The maximum atomic E-state index is 12.1. The summed E-state index contributed by atoms with van der Waals surface area (Å²) in [5, 5.41) is 31.2. The number of nitrogens with one attached hydrogen (secondary N) is 2. The van der Waals surface area contributed by atoms with Crippen molar-refractivity contribution in [2.45, 2.75) is 0 Å². The fraction of sp³-hybridized carbons (Fsp3) is 0. The number of nitro benzene ring substituents is 2. The number of nitrogens with two attached hydrogens (primary N) is 1. The van der Waals surface area contributed by atoms with E-state index < -0.39 is 32.8 Å². The third kappa shape index (κ3) is 2.05. The van der Waals surface area contributed by atoms with E-state index in [4.69, 9.17) is 5.73 Å². The first-order chi connectivity index (χ1) is 11.3. The Hall–Kier alpha value is -4.10. The molecule has 4 N–H and O–H groups in total. The minimum absolute atomic E-state index is 0.0595. The van der Waals surface area contributed by atoms with Crippen molar-refractivity contribution in [3.8, 4) is 5.82 Å². The highest BCUT2D eigenvalue weighted by Crippen LogP contribution is 2.31. The smallest absolute Gasteiger partial charge is 0.348 e. The van der Waals surface area contributed by atoms with E-state index in [9.17, 15) is 29.8 Å². The molecule has 122 valence electrons. The molecule has 3 rings (SSSR count). The van der Waals surface area contributed by atoms with Crippen LogP contribution in [0.3, 0.4) is 0 Å². The molecule has 2 heterocycles. The van der Waals surface area contributed by atoms with Crippen molar-refractivity contribution in [3.05, 3.63) is 48.5 Å². The Morgan fingerprint density at radius 1 is 1.17 bits per heavy atom. The number of nitro groups is 2. The van der Waals surface area contributed by atoms with Gasteiger partial charge in [-0.1, -0.05) is 0 Å². The van der Waals surface area contributed by atoms with Crippen LogP contribution in [0.2, 0.25) is 0 Å². The summed E-state index contributed by atoms with van der Waals surface area (Å²) in [7, 11) is 0. The Balaban J connectivity index is 2.40. The van der Waals surface area contributed by atoms with Gasteiger partial charge in [-0.15, -0.1) is 10.2 Å². The minimum atomic E-state index is -0.989. The Morgan fingerprint density at radius 2 is 1.79 bits per heavy atom. The monoisotopic (exact) mass is 334 g/mol. The number of hydrogen-bond acceptors (Lipinski definition) is 8. The van der Waals surface area contributed by atoms with Crippen molar-refractivity contribution >= 4 is 28.3 Å². The van der Waals surface area contributed by atoms with E-state index in [2.05, 4.69) is 20.4 Å². The zero-order chi connectivity index (χ0) is 17.6. The van der Waals surface area contributed by atoms with Gasteiger partial charge in [0.1, 0.15) is 0 Å². The number of rotatable bonds is 4. The number of primary amides is 1. The van der Waals surface area contributed by atoms with E-state index >= 15 is 0 Å². The molecule has 3 aromatic rings. The van der Waals surface area contributed by atoms with E-state index in [-0.39, 0.29) is 22.5 Å². The topological polar surface area (TPSA) is 209 Å². The number of aromatic amines is 2. The van der Waals surface area contributed by atoms with E-state index in [0.717, 1.165) is 16.7 Å². The second-order valence-electron chi connectivity index (χ2n) is 4.50. The predicted octanol–water partition coefficient (Wildman–Crippen LogP) is -0.648. The summed E-state index contributed by atoms with van der Waals surface area (Å²) in [6.45, 7) is 0. The second-order valence-corrected chi connectivity index (χ2v) is 4.50. The number of nitrogens with zero attached hydrogens (tertiary/aromatic N) is 5. The second kappa shape index (κ2) is 4.97. The maximum absolute atomic E-state index is 12.1. The Morgan fingerprint density at radius 3 is 2.38 bits per heavy atom. The fourth-order valence-corrected chi connectivity index (χ4v) is 2.18. The number of aromatic nitrogens is 5. The molecule has 0 aliphatic rings. The standard InChI is InChI=1S/C10H6N8O6/c11-8(19)7-9(14-15-13-7)16-4-2-6(18(23)24)5(17(21)22)1-3(4)12-10(16)20/h1-2H,(H2,11,19)(H,12,20)(H,13,14,15). The molecule has 1 amide bonds. The first-order valence-corrected chi connectivity index (χ1v) is 6.09. The number of carbonyl (C=O) groups is 1. The highest BCUT2D eigenvalue weighted by Gasteiger charge is 2.28. The first kappa shape index (κ1) is 14.8. The van der Waals surface area contributed by atoms with Crippen molar-refractivity contribution in [3.63, 3.8) is 0 Å². The summed E-state index contributed by atoms with van der Waals surface area (Å²) in [6.07, 6.45) is 0. The van der Waals surface area contributed by atoms with Gasteiger partial charge >= 0.3 is 17.1 Å². The van der Waals surface area contributed by atoms with Gasteiger partial charge in [0.25, 0.3) is 5.91 Å². The lowest BCUT2D eigenvalue weighted by molar-refractivity contribution is -0.422. The maximum Gasteiger partial charge on any atom is 0.348 e. The number of hydrogen-bond donors (Lipinski definition) is 3. The van der Waals surface area contributed by atoms with Crippen molar-refractivity contribution in [1.82, 2.24) is 25.0 Å². The lowest BCUT2D eigenvalue weighted by Crippen LogP contribution is -2.20. The average Bonchev–Trinajstić information content (AvgIpc) is 3.08. The van der Waals surface area contributed by atoms with Gasteiger partial charge in [0.2, 0.25) is 0 Å². The van der Waals surface area contributed by atoms with E-state index in [1.165, 1.54) is 0 Å². The van der Waals surface area contributed by atoms with Crippen LogP contribution in [0.1, 0.15) is 10.5 Å². The Bertz CT molecular complexity index is 1070. The molecule has 0 atom stereocenters. The van der Waals surface area contributed by atoms with E-state index in [1.54, 1.807) is 0 Å². The number of benzene rings is 1. The van der Waals surface area contributed by atoms with Gasteiger partial charge < -0.3 is 10.7 Å². The van der Waals surface area contributed by atoms with Crippen LogP contribution in [0, 0.1) is 20.2 Å². The van der Waals surface area contributed by atoms with Crippen molar-refractivity contribution in [2.24, 2.45) is 5.73 Å². The van der Waals surface area contributed by atoms with Crippen molar-refractivity contribution in [1.29, 1.82) is 0 Å². The van der Waals surface area contributed by atoms with Crippen LogP contribution >= 0.6 is 0 Å². The molecule has 0 fully saturated rings. The first-order valence-electron chi connectivity index (χ1n) is 6.09. The van der Waals surface area contributed by atoms with E-state index in [1.807, 2.05) is 0 Å². The van der Waals surface area contributed by atoms with Crippen molar-refractivity contribution < 1.29 is 14.6 Å². The lowest BCUT2D eigenvalue weighted by atomic mass is 10.2. The molecule has 0 bridgehead atoms. The number of carbonyl (C=O) groups excluding carboxylic acids is 1. The summed E-state index contributed by atoms with van der Waals surface area (Å²) in [5.74, 6) is -1.28. The lowest BCUT2D eigenvalue weighted by Gasteiger charge is -2.00. The zero-order valence-corrected chi connectivity index (χ0v) is 11.4. The van der Waals surface area contributed by atoms with Crippen LogP contribution in [-0.2, 0) is 0 Å². The quantitative estimate of drug-likeness (QED) is 0.411. The SMILES string of the molecule is NC(=O)c1n[nH]nc1-n1c(=O)[nH]c2cc([N+](=O)[O-])c([N+](=O)[O-])cc21. The molecule has 24 heavy (non-hydrogen) atoms. The Kier molecular flexibility index (Phi) is 3.07. The van der Waals surface area contributed by atoms with Gasteiger partial charge in [0, 0.05) is 12.1 Å². The molecular weight excluding hydrogens is 328 g/mol. The van der Waals surface area contributed by atoms with Crippen molar-refractivity contribution in [2.75, 3.05) is 0 Å². The summed E-state index contributed by atoms with van der Waals surface area (Å²) < 4.78 is 0.801. The third-order valence-corrected chi connectivity index (χ3v) is 3.15. The molecular formula is C10H6N8O6. The predicted molar refractivity (Wildman–Crippen MR) is 75.7 cm³/mol. The van der Waals surface area contributed by atoms with Gasteiger partial charge in [0.15, 0.2) is 11.5 Å². The van der Waals surface area contributed by atoms with Crippen LogP contribution in [0.4, 0.5) is 11.4 Å². The number of amides is 1. The molecule has 0 aliphatic carbocycles. The average molecular weight is 334 g/mol. The van der Waals surface area contributed by atoms with E-state index in [0.29, 0.717) is 0 Å². The number of fused-ring (bicyclic) bond motifs is 1. The normalized spacial score (nSPS) is 10.8. The highest BCUT2D eigenvalue weighted by molar-refractivity contribution is 5.94. The molecule has 14 nitrogen and oxygen atoms in total. The Labute approximate surface area is 129 Å². The summed E-state index contributed by atoms with van der Waals surface area (Å²) >= 11 is 0. The molecule has 0 radical (unpaired) electrons. The van der Waals surface area contributed by atoms with Gasteiger partial charge in [-0.2, -0.15) is 5.21 Å². The molecule has 0 aliphatic heterocycles. The number of H-pyrrole nitrogens is 2. The van der Waals surface area contributed by atoms with Crippen LogP contribution in [0.5, 0.6) is 0 Å². The molecule has 0 saturated heterocycles. The van der Waals surface area contributed by atoms with Gasteiger partial charge in [-0.3, -0.25) is 25.0 Å². The zero-order valence-electron chi connectivity index (χ0n) is 11.4. The largest absolute Gasteiger partial charge is 0.364 e. The van der Waals surface area contributed by atoms with Crippen LogP contribution in [-0.4, -0.2) is 40.7 Å². The fourth-order valence-electron chi connectivity index (χ4n) is 2.18. The molecule has 0 unspecified atom stereocenters. The van der Waals surface area contributed by atoms with Gasteiger partial charge in [0.05, 0.1) is 20.9 Å². The molecule has 0 saturated carbocycles. The summed E-state index contributed by atoms with van der Waals surface area (Å²) in [4.78, 5) is 45.8. The molecule has 14 heteroatoms. The molecule has 0 spiro atoms. The van der Waals surface area contributed by atoms with Crippen LogP contribution < -0.4 is 11.4 Å². The van der Waals surface area contributed by atoms with Crippen LogP contribution in [0.25, 0.3) is 16.9 Å². The molecule has 2 aromatic heterocycles. The minimum Gasteiger partial charge on any atom is -0.364 e. The summed E-state index contributed by atoms with van der Waals surface area (Å²) in [5.41, 5.74) is 2.12. The summed E-state index contributed by atoms with van der Waals surface area (Å²) in [6, 6.07) is 1.67. The van der Waals surface area contributed by atoms with Gasteiger partial charge in [-0.25, -0.2) is 9.36 Å². The molecule has 1 aromatic carbocycles. The third-order valence-electron chi connectivity index (χ3n) is 3.15. The highest BCUT2D eigenvalue weighted by atomic mass is 16.6.